The van der Waals surface area contributed by atoms with Crippen LogP contribution in [0.25, 0.3) is 6.08 Å². The summed E-state index contributed by atoms with van der Waals surface area (Å²) in [7, 11) is 0. The number of amides is 2. The highest BCUT2D eigenvalue weighted by Crippen LogP contribution is 2.33. The predicted molar refractivity (Wildman–Crippen MR) is 136 cm³/mol. The van der Waals surface area contributed by atoms with Crippen LogP contribution in [0.2, 0.25) is 5.02 Å². The number of thioether (sulfide) groups is 1. The monoisotopic (exact) mass is 485 g/mol. The van der Waals surface area contributed by atoms with Crippen LogP contribution in [0.15, 0.2) is 59.5 Å². The molecular formula is C24H24ClN3O2S2. The highest BCUT2D eigenvalue weighted by atomic mass is 35.5. The standard InChI is InChI=1S/C24H24ClN3O2S2/c25-20-10-5-4-7-18(20)17-21-23(30)28(24(31)32-21)12-6-11-22(29)27-15-13-26(14-16-27)19-8-2-1-3-9-19/h1-5,7-10,17H,6,11-16H2. The first-order valence-electron chi connectivity index (χ1n) is 10.6. The number of hydrogen-bond acceptors (Lipinski definition) is 5. The summed E-state index contributed by atoms with van der Waals surface area (Å²) in [5.74, 6) is 0.0126. The van der Waals surface area contributed by atoms with Gasteiger partial charge in [0.05, 0.1) is 4.91 Å². The minimum absolute atomic E-state index is 0.121. The molecule has 2 heterocycles. The maximum atomic E-state index is 12.8. The van der Waals surface area contributed by atoms with Crippen LogP contribution >= 0.6 is 35.6 Å². The lowest BCUT2D eigenvalue weighted by atomic mass is 10.2. The number of hydrogen-bond donors (Lipinski definition) is 0. The number of halogens is 1. The van der Waals surface area contributed by atoms with E-state index < -0.39 is 0 Å². The number of carbonyl (C=O) groups excluding carboxylic acids is 2. The molecule has 2 amide bonds. The van der Waals surface area contributed by atoms with E-state index in [-0.39, 0.29) is 11.8 Å². The Morgan fingerprint density at radius 2 is 1.72 bits per heavy atom. The number of benzene rings is 2. The first-order chi connectivity index (χ1) is 15.5. The third-order valence-electron chi connectivity index (χ3n) is 5.59. The Hall–Kier alpha value is -2.35. The van der Waals surface area contributed by atoms with E-state index in [2.05, 4.69) is 17.0 Å². The number of rotatable bonds is 6. The van der Waals surface area contributed by atoms with Gasteiger partial charge < -0.3 is 9.80 Å². The number of nitrogens with zero attached hydrogens (tertiary/aromatic N) is 3. The van der Waals surface area contributed by atoms with Crippen LogP contribution in [-0.4, -0.2) is 58.7 Å². The van der Waals surface area contributed by atoms with Gasteiger partial charge in [-0.25, -0.2) is 0 Å². The number of piperazine rings is 1. The number of thiocarbonyl (C=S) groups is 1. The molecule has 0 saturated carbocycles. The fourth-order valence-electron chi connectivity index (χ4n) is 3.83. The Morgan fingerprint density at radius 3 is 2.44 bits per heavy atom. The third kappa shape index (κ3) is 5.34. The number of anilines is 1. The van der Waals surface area contributed by atoms with E-state index in [4.69, 9.17) is 23.8 Å². The summed E-state index contributed by atoms with van der Waals surface area (Å²) in [4.78, 5) is 31.8. The molecule has 0 atom stereocenters. The van der Waals surface area contributed by atoms with Gasteiger partial charge in [-0.05, 0) is 36.3 Å². The molecular weight excluding hydrogens is 462 g/mol. The summed E-state index contributed by atoms with van der Waals surface area (Å²) in [6.07, 6.45) is 2.77. The van der Waals surface area contributed by atoms with Gasteiger partial charge in [-0.1, -0.05) is 72.0 Å². The van der Waals surface area contributed by atoms with Crippen LogP contribution in [0.1, 0.15) is 18.4 Å². The molecule has 0 spiro atoms. The summed E-state index contributed by atoms with van der Waals surface area (Å²) in [6.45, 7) is 3.54. The average molecular weight is 486 g/mol. The minimum atomic E-state index is -0.121. The van der Waals surface area contributed by atoms with Crippen molar-refractivity contribution in [2.75, 3.05) is 37.6 Å². The van der Waals surface area contributed by atoms with Crippen LogP contribution in [-0.2, 0) is 9.59 Å². The summed E-state index contributed by atoms with van der Waals surface area (Å²) >= 11 is 12.9. The maximum absolute atomic E-state index is 12.8. The van der Waals surface area contributed by atoms with Gasteiger partial charge in [0.15, 0.2) is 0 Å². The summed E-state index contributed by atoms with van der Waals surface area (Å²) in [6, 6.07) is 17.7. The van der Waals surface area contributed by atoms with Gasteiger partial charge >= 0.3 is 0 Å². The zero-order valence-electron chi connectivity index (χ0n) is 17.6. The van der Waals surface area contributed by atoms with Crippen molar-refractivity contribution in [2.45, 2.75) is 12.8 Å². The van der Waals surface area contributed by atoms with Crippen molar-refractivity contribution >= 4 is 63.5 Å². The van der Waals surface area contributed by atoms with Crippen LogP contribution < -0.4 is 4.90 Å². The molecule has 4 rings (SSSR count). The highest BCUT2D eigenvalue weighted by Gasteiger charge is 2.32. The molecule has 2 saturated heterocycles. The minimum Gasteiger partial charge on any atom is -0.368 e. The molecule has 2 aliphatic rings. The molecule has 0 aromatic heterocycles. The molecule has 0 bridgehead atoms. The van der Waals surface area contributed by atoms with Crippen molar-refractivity contribution in [1.82, 2.24) is 9.80 Å². The van der Waals surface area contributed by atoms with Crippen LogP contribution in [0.3, 0.4) is 0 Å². The van der Waals surface area contributed by atoms with Crippen molar-refractivity contribution < 1.29 is 9.59 Å². The van der Waals surface area contributed by atoms with Crippen molar-refractivity contribution in [1.29, 1.82) is 0 Å². The normalized spacial score (nSPS) is 18.0. The fourth-order valence-corrected chi connectivity index (χ4v) is 5.32. The third-order valence-corrected chi connectivity index (χ3v) is 7.31. The van der Waals surface area contributed by atoms with E-state index in [9.17, 15) is 9.59 Å². The lowest BCUT2D eigenvalue weighted by Gasteiger charge is -2.36. The van der Waals surface area contributed by atoms with E-state index in [1.54, 1.807) is 17.0 Å². The van der Waals surface area contributed by atoms with Gasteiger partial charge in [0, 0.05) is 49.9 Å². The number of para-hydroxylation sites is 1. The SMILES string of the molecule is O=C(CCCN1C(=O)C(=Cc2ccccc2Cl)SC1=S)N1CCN(c2ccccc2)CC1. The summed E-state index contributed by atoms with van der Waals surface area (Å²) in [5, 5.41) is 0.593. The average Bonchev–Trinajstić information content (AvgIpc) is 3.08. The highest BCUT2D eigenvalue weighted by molar-refractivity contribution is 8.26. The van der Waals surface area contributed by atoms with Crippen molar-refractivity contribution in [2.24, 2.45) is 0 Å². The lowest BCUT2D eigenvalue weighted by molar-refractivity contribution is -0.132. The molecule has 0 N–H and O–H groups in total. The molecule has 32 heavy (non-hydrogen) atoms. The fraction of sp³-hybridized carbons (Fsp3) is 0.292. The van der Waals surface area contributed by atoms with Crippen LogP contribution in [0.5, 0.6) is 0 Å². The van der Waals surface area contributed by atoms with Gasteiger partial charge in [0.25, 0.3) is 5.91 Å². The van der Waals surface area contributed by atoms with E-state index in [0.29, 0.717) is 33.6 Å². The largest absolute Gasteiger partial charge is 0.368 e. The van der Waals surface area contributed by atoms with E-state index in [1.165, 1.54) is 17.4 Å². The molecule has 0 radical (unpaired) electrons. The van der Waals surface area contributed by atoms with Gasteiger partial charge in [0.2, 0.25) is 5.91 Å². The second kappa shape index (κ2) is 10.5. The Labute approximate surface area is 203 Å². The first-order valence-corrected chi connectivity index (χ1v) is 12.2. The molecule has 5 nitrogen and oxygen atoms in total. The Balaban J connectivity index is 1.25. The Morgan fingerprint density at radius 1 is 1.03 bits per heavy atom. The second-order valence-electron chi connectivity index (χ2n) is 7.66. The Bertz CT molecular complexity index is 1040. The van der Waals surface area contributed by atoms with Gasteiger partial charge in [-0.15, -0.1) is 0 Å². The van der Waals surface area contributed by atoms with E-state index in [0.717, 1.165) is 31.7 Å². The molecule has 8 heteroatoms. The smallest absolute Gasteiger partial charge is 0.266 e. The Kier molecular flexibility index (Phi) is 7.50. The predicted octanol–water partition coefficient (Wildman–Crippen LogP) is 4.67. The van der Waals surface area contributed by atoms with Crippen molar-refractivity contribution in [3.8, 4) is 0 Å². The van der Waals surface area contributed by atoms with Gasteiger partial charge in [0.1, 0.15) is 4.32 Å². The molecule has 0 unspecified atom stereocenters. The zero-order chi connectivity index (χ0) is 22.5. The van der Waals surface area contributed by atoms with Gasteiger partial charge in [-0.3, -0.25) is 14.5 Å². The number of carbonyl (C=O) groups is 2. The molecule has 2 aromatic carbocycles. The lowest BCUT2D eigenvalue weighted by Crippen LogP contribution is -2.48. The van der Waals surface area contributed by atoms with Crippen LogP contribution in [0, 0.1) is 0 Å². The molecule has 0 aliphatic carbocycles. The molecule has 2 aliphatic heterocycles. The maximum Gasteiger partial charge on any atom is 0.266 e. The van der Waals surface area contributed by atoms with Crippen LogP contribution in [0.4, 0.5) is 5.69 Å². The van der Waals surface area contributed by atoms with Gasteiger partial charge in [-0.2, -0.15) is 0 Å². The zero-order valence-corrected chi connectivity index (χ0v) is 20.0. The van der Waals surface area contributed by atoms with E-state index in [1.807, 2.05) is 41.3 Å². The first kappa shape index (κ1) is 22.8. The second-order valence-corrected chi connectivity index (χ2v) is 9.74. The molecule has 2 aromatic rings. The molecule has 166 valence electrons. The quantitative estimate of drug-likeness (QED) is 0.439. The summed E-state index contributed by atoms with van der Waals surface area (Å²) in [5.41, 5.74) is 1.98. The molecule has 2 fully saturated rings. The van der Waals surface area contributed by atoms with E-state index >= 15 is 0 Å². The topological polar surface area (TPSA) is 43.9 Å². The van der Waals surface area contributed by atoms with Crippen molar-refractivity contribution in [3.05, 3.63) is 70.1 Å². The summed E-state index contributed by atoms with van der Waals surface area (Å²) < 4.78 is 0.525. The van der Waals surface area contributed by atoms with Crippen molar-refractivity contribution in [3.63, 3.8) is 0 Å².